The van der Waals surface area contributed by atoms with Gasteiger partial charge >= 0.3 is 11.9 Å². The molecule has 0 aliphatic rings. The summed E-state index contributed by atoms with van der Waals surface area (Å²) in [6.07, 6.45) is 6.34. The summed E-state index contributed by atoms with van der Waals surface area (Å²) in [5, 5.41) is 13.8. The molecule has 0 aromatic heterocycles. The second kappa shape index (κ2) is 11.9. The number of benzene rings is 8. The SMILES string of the molecule is O=C(CCCCCCCCC(=O)Oc1ccc2ccc3cccc4ccc1c2c34)Oc1ccc2ccc3cccc4ccc1c2c34. The molecule has 0 fully saturated rings. The summed E-state index contributed by atoms with van der Waals surface area (Å²) >= 11 is 0. The van der Waals surface area contributed by atoms with E-state index in [1.807, 2.05) is 24.3 Å². The van der Waals surface area contributed by atoms with Gasteiger partial charge in [-0.05, 0) is 80.2 Å². The van der Waals surface area contributed by atoms with Crippen LogP contribution in [-0.4, -0.2) is 11.9 Å². The van der Waals surface area contributed by atoms with Crippen LogP contribution in [0.3, 0.4) is 0 Å². The fourth-order valence-electron chi connectivity index (χ4n) is 7.19. The molecule has 46 heavy (non-hydrogen) atoms. The minimum atomic E-state index is -0.190. The van der Waals surface area contributed by atoms with Gasteiger partial charge in [-0.25, -0.2) is 0 Å². The molecule has 226 valence electrons. The van der Waals surface area contributed by atoms with Crippen LogP contribution >= 0.6 is 0 Å². The molecular weight excluding hydrogens is 568 g/mol. The fraction of sp³-hybridized carbons (Fsp3) is 0.190. The Balaban J connectivity index is 0.793. The van der Waals surface area contributed by atoms with Gasteiger partial charge in [-0.15, -0.1) is 0 Å². The molecule has 0 spiro atoms. The second-order valence-corrected chi connectivity index (χ2v) is 12.4. The van der Waals surface area contributed by atoms with Gasteiger partial charge in [-0.3, -0.25) is 9.59 Å². The van der Waals surface area contributed by atoms with Crippen molar-refractivity contribution in [1.82, 2.24) is 0 Å². The first-order valence-corrected chi connectivity index (χ1v) is 16.4. The molecular formula is C42H34O4. The van der Waals surface area contributed by atoms with E-state index in [1.165, 1.54) is 32.3 Å². The molecule has 0 amide bonds. The first kappa shape index (κ1) is 28.3. The molecule has 4 heteroatoms. The van der Waals surface area contributed by atoms with E-state index in [0.717, 1.165) is 70.8 Å². The quantitative estimate of drug-likeness (QED) is 0.0640. The Hall–Kier alpha value is -5.22. The molecule has 8 aromatic rings. The maximum absolute atomic E-state index is 12.7. The number of esters is 2. The van der Waals surface area contributed by atoms with Gasteiger partial charge in [-0.2, -0.15) is 0 Å². The number of hydrogen-bond acceptors (Lipinski definition) is 4. The summed E-state index contributed by atoms with van der Waals surface area (Å²) in [4.78, 5) is 25.5. The number of unbranched alkanes of at least 4 members (excludes halogenated alkanes) is 5. The second-order valence-electron chi connectivity index (χ2n) is 12.4. The number of ether oxygens (including phenoxy) is 2. The minimum absolute atomic E-state index is 0.190. The highest BCUT2D eigenvalue weighted by atomic mass is 16.5. The van der Waals surface area contributed by atoms with Gasteiger partial charge in [0, 0.05) is 34.4 Å². The lowest BCUT2D eigenvalue weighted by Crippen LogP contribution is -2.08. The lowest BCUT2D eigenvalue weighted by atomic mass is 9.94. The molecule has 4 nitrogen and oxygen atoms in total. The van der Waals surface area contributed by atoms with Gasteiger partial charge in [0.05, 0.1) is 0 Å². The van der Waals surface area contributed by atoms with Crippen molar-refractivity contribution in [2.24, 2.45) is 0 Å². The molecule has 0 saturated heterocycles. The molecule has 0 heterocycles. The van der Waals surface area contributed by atoms with Crippen LogP contribution < -0.4 is 9.47 Å². The van der Waals surface area contributed by atoms with E-state index in [2.05, 4.69) is 84.9 Å². The molecule has 0 unspecified atom stereocenters. The highest BCUT2D eigenvalue weighted by Crippen LogP contribution is 2.40. The summed E-state index contributed by atoms with van der Waals surface area (Å²) in [7, 11) is 0. The van der Waals surface area contributed by atoms with Crippen molar-refractivity contribution < 1.29 is 19.1 Å². The summed E-state index contributed by atoms with van der Waals surface area (Å²) in [5.41, 5.74) is 0. The molecule has 0 aliphatic carbocycles. The number of carbonyl (C=O) groups is 2. The van der Waals surface area contributed by atoms with E-state index >= 15 is 0 Å². The van der Waals surface area contributed by atoms with Crippen molar-refractivity contribution in [2.75, 3.05) is 0 Å². The van der Waals surface area contributed by atoms with Gasteiger partial charge in [0.2, 0.25) is 0 Å². The van der Waals surface area contributed by atoms with E-state index in [1.54, 1.807) is 0 Å². The topological polar surface area (TPSA) is 52.6 Å². The van der Waals surface area contributed by atoms with Crippen LogP contribution in [0.5, 0.6) is 11.5 Å². The van der Waals surface area contributed by atoms with Crippen molar-refractivity contribution in [2.45, 2.75) is 51.4 Å². The predicted octanol–water partition coefficient (Wildman–Crippen LogP) is 11.1. The zero-order valence-electron chi connectivity index (χ0n) is 25.7. The van der Waals surface area contributed by atoms with Crippen LogP contribution in [0.1, 0.15) is 51.4 Å². The number of rotatable bonds is 11. The lowest BCUT2D eigenvalue weighted by Gasteiger charge is -2.14. The summed E-state index contributed by atoms with van der Waals surface area (Å²) < 4.78 is 11.7. The van der Waals surface area contributed by atoms with Crippen molar-refractivity contribution in [3.63, 3.8) is 0 Å². The van der Waals surface area contributed by atoms with Crippen molar-refractivity contribution >= 4 is 76.6 Å². The first-order chi connectivity index (χ1) is 22.6. The van der Waals surface area contributed by atoms with E-state index in [9.17, 15) is 9.59 Å². The van der Waals surface area contributed by atoms with Crippen LogP contribution in [0, 0.1) is 0 Å². The van der Waals surface area contributed by atoms with Crippen LogP contribution in [0.2, 0.25) is 0 Å². The van der Waals surface area contributed by atoms with Crippen molar-refractivity contribution in [1.29, 1.82) is 0 Å². The van der Waals surface area contributed by atoms with Gasteiger partial charge in [0.1, 0.15) is 11.5 Å². The molecule has 0 aliphatic heterocycles. The largest absolute Gasteiger partial charge is 0.426 e. The highest BCUT2D eigenvalue weighted by Gasteiger charge is 2.15. The monoisotopic (exact) mass is 602 g/mol. The summed E-state index contributed by atoms with van der Waals surface area (Å²) in [6.45, 7) is 0. The number of carbonyl (C=O) groups excluding carboxylic acids is 2. The van der Waals surface area contributed by atoms with E-state index in [4.69, 9.17) is 9.47 Å². The van der Waals surface area contributed by atoms with Crippen LogP contribution in [0.25, 0.3) is 64.6 Å². The van der Waals surface area contributed by atoms with E-state index in [0.29, 0.717) is 24.3 Å². The molecule has 8 aromatic carbocycles. The van der Waals surface area contributed by atoms with Crippen molar-refractivity contribution in [3.05, 3.63) is 109 Å². The minimum Gasteiger partial charge on any atom is -0.426 e. The highest BCUT2D eigenvalue weighted by molar-refractivity contribution is 6.25. The maximum Gasteiger partial charge on any atom is 0.311 e. The van der Waals surface area contributed by atoms with Gasteiger partial charge in [0.25, 0.3) is 0 Å². The average Bonchev–Trinajstić information content (AvgIpc) is 3.08. The molecule has 0 saturated carbocycles. The van der Waals surface area contributed by atoms with Gasteiger partial charge in [-0.1, -0.05) is 111 Å². The van der Waals surface area contributed by atoms with E-state index < -0.39 is 0 Å². The summed E-state index contributed by atoms with van der Waals surface area (Å²) in [5.74, 6) is 0.878. The van der Waals surface area contributed by atoms with Gasteiger partial charge in [0.15, 0.2) is 0 Å². The zero-order chi connectivity index (χ0) is 31.0. The third-order valence-corrected chi connectivity index (χ3v) is 9.44. The molecule has 0 radical (unpaired) electrons. The normalized spacial score (nSPS) is 11.9. The van der Waals surface area contributed by atoms with Crippen LogP contribution in [0.4, 0.5) is 0 Å². The Labute approximate surface area is 267 Å². The smallest absolute Gasteiger partial charge is 0.311 e. The van der Waals surface area contributed by atoms with Gasteiger partial charge < -0.3 is 9.47 Å². The number of hydrogen-bond donors (Lipinski definition) is 0. The molecule has 0 atom stereocenters. The fourth-order valence-corrected chi connectivity index (χ4v) is 7.19. The first-order valence-electron chi connectivity index (χ1n) is 16.4. The van der Waals surface area contributed by atoms with Crippen LogP contribution in [0.15, 0.2) is 109 Å². The average molecular weight is 603 g/mol. The molecule has 8 rings (SSSR count). The molecule has 0 bridgehead atoms. The molecule has 0 N–H and O–H groups in total. The third kappa shape index (κ3) is 5.14. The van der Waals surface area contributed by atoms with Crippen LogP contribution in [-0.2, 0) is 9.59 Å². The zero-order valence-corrected chi connectivity index (χ0v) is 25.7. The lowest BCUT2D eigenvalue weighted by molar-refractivity contribution is -0.135. The Bertz CT molecular complexity index is 2170. The predicted molar refractivity (Wildman–Crippen MR) is 188 cm³/mol. The Kier molecular flexibility index (Phi) is 7.34. The Morgan fingerprint density at radius 3 is 1.11 bits per heavy atom. The Morgan fingerprint density at radius 1 is 0.370 bits per heavy atom. The summed E-state index contributed by atoms with van der Waals surface area (Å²) in [6, 6.07) is 37.5. The Morgan fingerprint density at radius 2 is 0.696 bits per heavy atom. The standard InChI is InChI=1S/C42H34O4/c43-37(45-35-25-21-31-17-15-27-9-7-11-29-19-23-33(35)41(31)39(27)29)13-5-3-1-2-4-6-14-38(44)46-36-26-22-32-18-16-28-10-8-12-30-20-24-34(36)42(32)40(28)30/h7-12,15-26H,1-6,13-14H2. The van der Waals surface area contributed by atoms with E-state index in [-0.39, 0.29) is 11.9 Å². The third-order valence-electron chi connectivity index (χ3n) is 9.44. The van der Waals surface area contributed by atoms with Crippen molar-refractivity contribution in [3.8, 4) is 11.5 Å². The maximum atomic E-state index is 12.7.